The van der Waals surface area contributed by atoms with E-state index in [0.29, 0.717) is 17.7 Å². The van der Waals surface area contributed by atoms with Gasteiger partial charge in [0.25, 0.3) is 6.47 Å². The van der Waals surface area contributed by atoms with E-state index in [-0.39, 0.29) is 30.7 Å². The van der Waals surface area contributed by atoms with Crippen LogP contribution < -0.4 is 10.6 Å². The molecule has 26 heavy (non-hydrogen) atoms. The lowest BCUT2D eigenvalue weighted by atomic mass is 9.74. The van der Waals surface area contributed by atoms with E-state index in [0.717, 1.165) is 37.0 Å². The van der Waals surface area contributed by atoms with E-state index in [4.69, 9.17) is 20.4 Å². The number of aromatic nitrogens is 4. The predicted molar refractivity (Wildman–Crippen MR) is 92.5 cm³/mol. The first-order valence-electron chi connectivity index (χ1n) is 8.59. The molecule has 10 nitrogen and oxygen atoms in total. The molecular weight excluding hydrogens is 340 g/mol. The summed E-state index contributed by atoms with van der Waals surface area (Å²) in [5.74, 6) is 1.66. The van der Waals surface area contributed by atoms with Gasteiger partial charge >= 0.3 is 0 Å². The van der Waals surface area contributed by atoms with Crippen LogP contribution >= 0.6 is 0 Å². The molecule has 0 amide bonds. The van der Waals surface area contributed by atoms with Crippen LogP contribution in [0, 0.1) is 11.8 Å². The van der Waals surface area contributed by atoms with Gasteiger partial charge in [-0.15, -0.1) is 0 Å². The highest BCUT2D eigenvalue weighted by atomic mass is 16.5. The van der Waals surface area contributed by atoms with Crippen molar-refractivity contribution >= 4 is 29.3 Å². The molecule has 0 aromatic carbocycles. The number of rotatable bonds is 2. The van der Waals surface area contributed by atoms with Crippen LogP contribution in [0.1, 0.15) is 12.8 Å². The van der Waals surface area contributed by atoms with Gasteiger partial charge in [-0.3, -0.25) is 9.48 Å². The Morgan fingerprint density at radius 2 is 2.27 bits per heavy atom. The third kappa shape index (κ3) is 2.32. The second kappa shape index (κ2) is 6.06. The molecule has 3 fully saturated rings. The van der Waals surface area contributed by atoms with Gasteiger partial charge in [0, 0.05) is 32.0 Å². The number of aryl methyl sites for hydroxylation is 1. The van der Waals surface area contributed by atoms with E-state index in [1.54, 1.807) is 10.9 Å². The van der Waals surface area contributed by atoms with Gasteiger partial charge in [-0.2, -0.15) is 15.1 Å². The summed E-state index contributed by atoms with van der Waals surface area (Å²) in [5.41, 5.74) is 6.68. The minimum absolute atomic E-state index is 0.141. The first-order valence-corrected chi connectivity index (χ1v) is 8.59. The second-order valence-corrected chi connectivity index (χ2v) is 7.11. The van der Waals surface area contributed by atoms with E-state index < -0.39 is 0 Å². The summed E-state index contributed by atoms with van der Waals surface area (Å²) in [6.07, 6.45) is 4.01. The quantitative estimate of drug-likeness (QED) is 0.610. The zero-order valence-corrected chi connectivity index (χ0v) is 14.4. The number of nitrogens with zero attached hydrogens (tertiary/aromatic N) is 5. The van der Waals surface area contributed by atoms with Crippen molar-refractivity contribution in [2.24, 2.45) is 18.9 Å². The minimum atomic E-state index is -0.250. The van der Waals surface area contributed by atoms with Crippen molar-refractivity contribution in [2.75, 3.05) is 30.3 Å². The molecule has 0 aliphatic carbocycles. The molecule has 3 aliphatic rings. The van der Waals surface area contributed by atoms with E-state index in [1.165, 1.54) is 0 Å². The summed E-state index contributed by atoms with van der Waals surface area (Å²) < 4.78 is 7.97. The summed E-state index contributed by atoms with van der Waals surface area (Å²) in [7, 11) is 1.85. The Bertz CT molecular complexity index is 841. The topological polar surface area (TPSA) is 140 Å². The van der Waals surface area contributed by atoms with Crippen molar-refractivity contribution in [1.82, 2.24) is 19.7 Å². The summed E-state index contributed by atoms with van der Waals surface area (Å²) in [4.78, 5) is 19.6. The molecule has 1 spiro atoms. The fraction of sp³-hybridized carbons (Fsp3) is 0.625. The van der Waals surface area contributed by atoms with Gasteiger partial charge in [0.15, 0.2) is 5.65 Å². The number of nitrogens with two attached hydrogens (primary N) is 1. The Labute approximate surface area is 149 Å². The Morgan fingerprint density at radius 1 is 1.50 bits per heavy atom. The van der Waals surface area contributed by atoms with E-state index >= 15 is 0 Å². The molecule has 10 heteroatoms. The monoisotopic (exact) mass is 362 g/mol. The van der Waals surface area contributed by atoms with Gasteiger partial charge in [0.05, 0.1) is 29.8 Å². The van der Waals surface area contributed by atoms with Crippen LogP contribution in [0.2, 0.25) is 0 Å². The van der Waals surface area contributed by atoms with Crippen LogP contribution in [0.5, 0.6) is 0 Å². The number of aliphatic hydroxyl groups is 1. The smallest absolute Gasteiger partial charge is 0.290 e. The molecule has 5 rings (SSSR count). The predicted octanol–water partition coefficient (Wildman–Crippen LogP) is -0.378. The molecule has 2 aromatic heterocycles. The van der Waals surface area contributed by atoms with Crippen molar-refractivity contribution in [3.8, 4) is 0 Å². The molecular formula is C16H22N6O4. The zero-order valence-electron chi connectivity index (χ0n) is 14.4. The van der Waals surface area contributed by atoms with E-state index in [1.807, 2.05) is 7.05 Å². The summed E-state index contributed by atoms with van der Waals surface area (Å²) in [5, 5.41) is 21.6. The van der Waals surface area contributed by atoms with Gasteiger partial charge in [0.2, 0.25) is 5.95 Å². The van der Waals surface area contributed by atoms with Gasteiger partial charge in [0.1, 0.15) is 5.82 Å². The highest BCUT2D eigenvalue weighted by molar-refractivity contribution is 5.86. The SMILES string of the molecule is Cn1ncc2c(N)nc(N3C[C@H]4[C@@H](CO)[C@@H]5CC[C@@]4(C3)O5)nc21.O=CO. The second-order valence-electron chi connectivity index (χ2n) is 7.11. The molecule has 0 unspecified atom stereocenters. The molecule has 5 heterocycles. The minimum Gasteiger partial charge on any atom is -0.483 e. The molecule has 3 saturated heterocycles. The van der Waals surface area contributed by atoms with Crippen molar-refractivity contribution in [1.29, 1.82) is 0 Å². The van der Waals surface area contributed by atoms with Gasteiger partial charge < -0.3 is 25.6 Å². The normalized spacial score (nSPS) is 31.8. The fourth-order valence-corrected chi connectivity index (χ4v) is 4.76. The number of carbonyl (C=O) groups is 1. The molecule has 2 bridgehead atoms. The largest absolute Gasteiger partial charge is 0.483 e. The van der Waals surface area contributed by atoms with Crippen LogP contribution in [0.4, 0.5) is 11.8 Å². The maximum Gasteiger partial charge on any atom is 0.290 e. The molecule has 4 N–H and O–H groups in total. The number of carboxylic acid groups (broad SMARTS) is 1. The number of ether oxygens (including phenoxy) is 1. The molecule has 0 radical (unpaired) electrons. The van der Waals surface area contributed by atoms with Gasteiger partial charge in [-0.1, -0.05) is 0 Å². The Morgan fingerprint density at radius 3 is 3.00 bits per heavy atom. The number of anilines is 2. The fourth-order valence-electron chi connectivity index (χ4n) is 4.76. The Hall–Kier alpha value is -2.46. The highest BCUT2D eigenvalue weighted by Crippen LogP contribution is 2.55. The van der Waals surface area contributed by atoms with Crippen LogP contribution in [0.15, 0.2) is 6.20 Å². The third-order valence-corrected chi connectivity index (χ3v) is 5.89. The lowest BCUT2D eigenvalue weighted by molar-refractivity contribution is -0.122. The Balaban J connectivity index is 0.000000527. The van der Waals surface area contributed by atoms with Crippen LogP contribution in [-0.4, -0.2) is 67.8 Å². The summed E-state index contributed by atoms with van der Waals surface area (Å²) in [6, 6.07) is 0. The third-order valence-electron chi connectivity index (χ3n) is 5.89. The van der Waals surface area contributed by atoms with Crippen LogP contribution in [-0.2, 0) is 16.6 Å². The first-order chi connectivity index (χ1) is 12.5. The molecule has 3 aliphatic heterocycles. The highest BCUT2D eigenvalue weighted by Gasteiger charge is 2.63. The summed E-state index contributed by atoms with van der Waals surface area (Å²) in [6.45, 7) is 1.52. The average molecular weight is 362 g/mol. The molecule has 140 valence electrons. The maximum absolute atomic E-state index is 9.72. The van der Waals surface area contributed by atoms with Crippen molar-refractivity contribution in [3.05, 3.63) is 6.20 Å². The number of hydrogen-bond donors (Lipinski definition) is 3. The lowest BCUT2D eigenvalue weighted by Crippen LogP contribution is -2.37. The number of hydrogen-bond acceptors (Lipinski definition) is 8. The molecule has 2 aromatic rings. The zero-order chi connectivity index (χ0) is 18.5. The number of nitrogen functional groups attached to an aromatic ring is 1. The lowest BCUT2D eigenvalue weighted by Gasteiger charge is -2.27. The Kier molecular flexibility index (Phi) is 3.96. The summed E-state index contributed by atoms with van der Waals surface area (Å²) >= 11 is 0. The maximum atomic E-state index is 9.72. The van der Waals surface area contributed by atoms with E-state index in [9.17, 15) is 5.11 Å². The van der Waals surface area contributed by atoms with Gasteiger partial charge in [-0.25, -0.2) is 0 Å². The standard InChI is InChI=1S/C15H20N6O2.CH2O2/c1-20-13-8(4-17-20)12(16)18-14(19-13)21-5-10-9(6-22)11-2-3-15(10,7-21)23-11;2-1-3/h4,9-11,22H,2-3,5-7H2,1H3,(H2,16,18,19);1H,(H,2,3)/t9-,10+,11+,15+;/m1./s1. The van der Waals surface area contributed by atoms with Crippen molar-refractivity contribution < 1.29 is 19.7 Å². The number of aliphatic hydroxyl groups excluding tert-OH is 1. The molecule has 4 atom stereocenters. The first kappa shape index (κ1) is 17.0. The van der Waals surface area contributed by atoms with Crippen LogP contribution in [0.25, 0.3) is 11.0 Å². The number of fused-ring (bicyclic) bond motifs is 2. The van der Waals surface area contributed by atoms with Gasteiger partial charge in [-0.05, 0) is 12.8 Å². The van der Waals surface area contributed by atoms with Crippen molar-refractivity contribution in [3.63, 3.8) is 0 Å². The van der Waals surface area contributed by atoms with Crippen molar-refractivity contribution in [2.45, 2.75) is 24.5 Å². The van der Waals surface area contributed by atoms with Crippen LogP contribution in [0.3, 0.4) is 0 Å². The van der Waals surface area contributed by atoms with E-state index in [2.05, 4.69) is 20.0 Å². The average Bonchev–Trinajstić information content (AvgIpc) is 3.34. The molecule has 0 saturated carbocycles.